The van der Waals surface area contributed by atoms with E-state index < -0.39 is 5.82 Å². The molecule has 0 aliphatic rings. The van der Waals surface area contributed by atoms with Gasteiger partial charge in [0.2, 0.25) is 0 Å². The third kappa shape index (κ3) is 2.61. The molecule has 0 amide bonds. The van der Waals surface area contributed by atoms with Gasteiger partial charge in [0.1, 0.15) is 17.2 Å². The maximum atomic E-state index is 13.5. The topological polar surface area (TPSA) is 25.2 Å². The number of benzene rings is 2. The fourth-order valence-corrected chi connectivity index (χ4v) is 2.63. The number of nitrogens with one attached hydrogen (secondary N) is 1. The monoisotopic (exact) mass is 303 g/mol. The van der Waals surface area contributed by atoms with E-state index in [0.29, 0.717) is 5.69 Å². The second-order valence-corrected chi connectivity index (χ2v) is 5.49. The zero-order valence-electron chi connectivity index (χ0n) is 11.8. The van der Waals surface area contributed by atoms with Gasteiger partial charge in [0.25, 0.3) is 0 Å². The van der Waals surface area contributed by atoms with Crippen molar-refractivity contribution in [3.8, 4) is 0 Å². The highest BCUT2D eigenvalue weighted by molar-refractivity contribution is 6.30. The average molecular weight is 304 g/mol. The van der Waals surface area contributed by atoms with E-state index in [0.717, 1.165) is 22.3 Å². The molecular weight excluding hydrogens is 289 g/mol. The SMILES string of the molecule is Cc1c(C(C)Nc2ccc(Cl)c(F)c2)oc2ccccc12. The smallest absolute Gasteiger partial charge is 0.143 e. The Hall–Kier alpha value is -2.00. The maximum Gasteiger partial charge on any atom is 0.143 e. The van der Waals surface area contributed by atoms with Crippen LogP contribution < -0.4 is 5.32 Å². The number of hydrogen-bond donors (Lipinski definition) is 1. The summed E-state index contributed by atoms with van der Waals surface area (Å²) in [5.41, 5.74) is 2.63. The van der Waals surface area contributed by atoms with Gasteiger partial charge < -0.3 is 9.73 Å². The van der Waals surface area contributed by atoms with Crippen LogP contribution in [0, 0.1) is 12.7 Å². The molecule has 4 heteroatoms. The zero-order chi connectivity index (χ0) is 15.0. The van der Waals surface area contributed by atoms with Gasteiger partial charge >= 0.3 is 0 Å². The molecule has 108 valence electrons. The lowest BCUT2D eigenvalue weighted by molar-refractivity contribution is 0.522. The summed E-state index contributed by atoms with van der Waals surface area (Å²) in [7, 11) is 0. The molecule has 0 fully saturated rings. The van der Waals surface area contributed by atoms with Crippen LogP contribution in [0.5, 0.6) is 0 Å². The maximum absolute atomic E-state index is 13.5. The molecule has 0 bridgehead atoms. The number of furan rings is 1. The van der Waals surface area contributed by atoms with Crippen LogP contribution in [0.3, 0.4) is 0 Å². The highest BCUT2D eigenvalue weighted by Gasteiger charge is 2.16. The molecule has 0 saturated carbocycles. The van der Waals surface area contributed by atoms with Crippen molar-refractivity contribution in [2.45, 2.75) is 19.9 Å². The largest absolute Gasteiger partial charge is 0.459 e. The number of hydrogen-bond acceptors (Lipinski definition) is 2. The minimum atomic E-state index is -0.435. The van der Waals surface area contributed by atoms with Crippen molar-refractivity contribution < 1.29 is 8.81 Å². The number of anilines is 1. The second-order valence-electron chi connectivity index (χ2n) is 5.08. The van der Waals surface area contributed by atoms with Crippen LogP contribution in [0.2, 0.25) is 5.02 Å². The van der Waals surface area contributed by atoms with E-state index >= 15 is 0 Å². The van der Waals surface area contributed by atoms with Gasteiger partial charge in [0.05, 0.1) is 11.1 Å². The molecule has 0 saturated heterocycles. The lowest BCUT2D eigenvalue weighted by Crippen LogP contribution is -2.07. The number of fused-ring (bicyclic) bond motifs is 1. The van der Waals surface area contributed by atoms with E-state index in [1.807, 2.05) is 38.1 Å². The molecule has 1 unspecified atom stereocenters. The van der Waals surface area contributed by atoms with Crippen molar-refractivity contribution in [2.24, 2.45) is 0 Å². The molecular formula is C17H15ClFNO. The molecule has 0 aliphatic heterocycles. The van der Waals surface area contributed by atoms with E-state index in [1.165, 1.54) is 12.1 Å². The standard InChI is InChI=1S/C17H15ClFNO/c1-10-13-5-3-4-6-16(13)21-17(10)11(2)20-12-7-8-14(18)15(19)9-12/h3-9,11,20H,1-2H3. The molecule has 0 spiro atoms. The summed E-state index contributed by atoms with van der Waals surface area (Å²) in [4.78, 5) is 0. The van der Waals surface area contributed by atoms with Crippen molar-refractivity contribution in [3.05, 3.63) is 64.6 Å². The summed E-state index contributed by atoms with van der Waals surface area (Å²) in [6.45, 7) is 4.01. The predicted molar refractivity (Wildman–Crippen MR) is 84.4 cm³/mol. The highest BCUT2D eigenvalue weighted by atomic mass is 35.5. The molecule has 3 rings (SSSR count). The van der Waals surface area contributed by atoms with Crippen molar-refractivity contribution in [3.63, 3.8) is 0 Å². The quantitative estimate of drug-likeness (QED) is 0.670. The van der Waals surface area contributed by atoms with Gasteiger partial charge in [-0.1, -0.05) is 29.8 Å². The van der Waals surface area contributed by atoms with Gasteiger partial charge in [-0.2, -0.15) is 0 Å². The molecule has 1 atom stereocenters. The first kappa shape index (κ1) is 14.0. The predicted octanol–water partition coefficient (Wildman–Crippen LogP) is 5.71. The fraction of sp³-hybridized carbons (Fsp3) is 0.176. The second kappa shape index (κ2) is 5.41. The lowest BCUT2D eigenvalue weighted by Gasteiger charge is -2.14. The van der Waals surface area contributed by atoms with Crippen molar-refractivity contribution in [1.29, 1.82) is 0 Å². The Balaban J connectivity index is 1.91. The van der Waals surface area contributed by atoms with E-state index in [4.69, 9.17) is 16.0 Å². The molecule has 2 nitrogen and oxygen atoms in total. The Bertz CT molecular complexity index is 797. The van der Waals surface area contributed by atoms with Gasteiger partial charge in [-0.25, -0.2) is 4.39 Å². The Morgan fingerprint density at radius 2 is 1.95 bits per heavy atom. The Morgan fingerprint density at radius 1 is 1.19 bits per heavy atom. The molecule has 2 aromatic carbocycles. The summed E-state index contributed by atoms with van der Waals surface area (Å²) in [6, 6.07) is 12.5. The Labute approximate surface area is 127 Å². The minimum Gasteiger partial charge on any atom is -0.459 e. The summed E-state index contributed by atoms with van der Waals surface area (Å²) < 4.78 is 19.4. The van der Waals surface area contributed by atoms with Gasteiger partial charge in [-0.15, -0.1) is 0 Å². The van der Waals surface area contributed by atoms with Crippen molar-refractivity contribution in [1.82, 2.24) is 0 Å². The highest BCUT2D eigenvalue weighted by Crippen LogP contribution is 2.31. The number of aryl methyl sites for hydroxylation is 1. The van der Waals surface area contributed by atoms with Crippen LogP contribution in [-0.4, -0.2) is 0 Å². The van der Waals surface area contributed by atoms with Gasteiger partial charge in [0.15, 0.2) is 0 Å². The first-order valence-electron chi connectivity index (χ1n) is 6.76. The van der Waals surface area contributed by atoms with Crippen LogP contribution in [0.15, 0.2) is 46.9 Å². The summed E-state index contributed by atoms with van der Waals surface area (Å²) in [5.74, 6) is 0.418. The fourth-order valence-electron chi connectivity index (χ4n) is 2.51. The number of rotatable bonds is 3. The lowest BCUT2D eigenvalue weighted by atomic mass is 10.1. The third-order valence-corrected chi connectivity index (χ3v) is 3.88. The van der Waals surface area contributed by atoms with Gasteiger partial charge in [0, 0.05) is 16.6 Å². The normalized spacial score (nSPS) is 12.6. The van der Waals surface area contributed by atoms with E-state index in [9.17, 15) is 4.39 Å². The Kier molecular flexibility index (Phi) is 3.60. The van der Waals surface area contributed by atoms with Crippen LogP contribution in [0.1, 0.15) is 24.3 Å². The van der Waals surface area contributed by atoms with Crippen molar-refractivity contribution in [2.75, 3.05) is 5.32 Å². The number of halogens is 2. The summed E-state index contributed by atoms with van der Waals surface area (Å²) >= 11 is 5.69. The molecule has 1 heterocycles. The first-order valence-corrected chi connectivity index (χ1v) is 7.13. The molecule has 21 heavy (non-hydrogen) atoms. The van der Waals surface area contributed by atoms with E-state index in [1.54, 1.807) is 6.07 Å². The first-order chi connectivity index (χ1) is 10.1. The molecule has 1 aromatic heterocycles. The molecule has 3 aromatic rings. The minimum absolute atomic E-state index is 0.0713. The van der Waals surface area contributed by atoms with Crippen molar-refractivity contribution >= 4 is 28.3 Å². The van der Waals surface area contributed by atoms with Crippen LogP contribution in [0.4, 0.5) is 10.1 Å². The Morgan fingerprint density at radius 3 is 2.67 bits per heavy atom. The summed E-state index contributed by atoms with van der Waals surface area (Å²) in [5, 5.41) is 4.45. The van der Waals surface area contributed by atoms with Gasteiger partial charge in [-0.3, -0.25) is 0 Å². The van der Waals surface area contributed by atoms with E-state index in [-0.39, 0.29) is 11.1 Å². The molecule has 0 aliphatic carbocycles. The average Bonchev–Trinajstić information content (AvgIpc) is 2.81. The molecule has 1 N–H and O–H groups in total. The number of para-hydroxylation sites is 1. The summed E-state index contributed by atoms with van der Waals surface area (Å²) in [6.07, 6.45) is 0. The zero-order valence-corrected chi connectivity index (χ0v) is 12.5. The van der Waals surface area contributed by atoms with Crippen LogP contribution in [0.25, 0.3) is 11.0 Å². The van der Waals surface area contributed by atoms with E-state index in [2.05, 4.69) is 5.32 Å². The molecule has 0 radical (unpaired) electrons. The van der Waals surface area contributed by atoms with Crippen LogP contribution >= 0.6 is 11.6 Å². The van der Waals surface area contributed by atoms with Gasteiger partial charge in [-0.05, 0) is 38.1 Å². The van der Waals surface area contributed by atoms with Crippen LogP contribution in [-0.2, 0) is 0 Å². The third-order valence-electron chi connectivity index (χ3n) is 3.58.